The first-order valence-corrected chi connectivity index (χ1v) is 11.3. The van der Waals surface area contributed by atoms with Gasteiger partial charge in [-0.05, 0) is 61.3 Å². The lowest BCUT2D eigenvalue weighted by Crippen LogP contribution is -2.42. The van der Waals surface area contributed by atoms with Gasteiger partial charge in [0.05, 0.1) is 5.92 Å². The lowest BCUT2D eigenvalue weighted by molar-refractivity contribution is -0.145. The van der Waals surface area contributed by atoms with Gasteiger partial charge < -0.3 is 9.64 Å². The topological polar surface area (TPSA) is 29.5 Å². The van der Waals surface area contributed by atoms with Crippen LogP contribution in [0, 0.1) is 34.5 Å². The van der Waals surface area contributed by atoms with E-state index in [0.717, 1.165) is 32.0 Å². The average molecular weight is 374 g/mol. The van der Waals surface area contributed by atoms with E-state index in [9.17, 15) is 4.79 Å². The number of rotatable bonds is 2. The second-order valence-electron chi connectivity index (χ2n) is 11.3. The first-order valence-electron chi connectivity index (χ1n) is 11.3. The van der Waals surface area contributed by atoms with Crippen molar-refractivity contribution >= 4 is 5.97 Å². The summed E-state index contributed by atoms with van der Waals surface area (Å²) in [6, 6.07) is 0. The molecule has 6 atom stereocenters. The lowest BCUT2D eigenvalue weighted by Gasteiger charge is -2.46. The van der Waals surface area contributed by atoms with Crippen LogP contribution in [0.3, 0.4) is 0 Å². The second kappa shape index (κ2) is 6.90. The van der Waals surface area contributed by atoms with Gasteiger partial charge in [0.15, 0.2) is 0 Å². The maximum Gasteiger partial charge on any atom is 0.311 e. The summed E-state index contributed by atoms with van der Waals surface area (Å²) in [6.45, 7) is 15.0. The van der Waals surface area contributed by atoms with Crippen molar-refractivity contribution in [3.63, 3.8) is 0 Å². The Morgan fingerprint density at radius 1 is 1.19 bits per heavy atom. The summed E-state index contributed by atoms with van der Waals surface area (Å²) in [5.74, 6) is 1.83. The summed E-state index contributed by atoms with van der Waals surface area (Å²) >= 11 is 0. The number of fused-ring (bicyclic) bond motifs is 2. The molecule has 3 fully saturated rings. The van der Waals surface area contributed by atoms with E-state index in [1.165, 1.54) is 32.1 Å². The number of carbonyl (C=O) groups excluding carboxylic acids is 1. The minimum atomic E-state index is 0.0328. The Kier molecular flexibility index (Phi) is 4.98. The minimum Gasteiger partial charge on any atom is -0.461 e. The summed E-state index contributed by atoms with van der Waals surface area (Å²) in [6.07, 6.45) is 10.0. The molecule has 4 rings (SSSR count). The predicted octanol–water partition coefficient (Wildman–Crippen LogP) is 5.06. The number of nitrogens with zero attached hydrogens (tertiary/aromatic N) is 1. The number of likely N-dealkylation sites (tertiary alicyclic amines) is 1. The third-order valence-electron chi connectivity index (χ3n) is 8.03. The molecule has 2 heterocycles. The molecule has 0 aromatic rings. The maximum absolute atomic E-state index is 12.8. The SMILES string of the molecule is C[C@H]1CCN(C[C@@H]2C(=O)O[C@H]3C[C@]4(C)CCC[C@@H](C)C4=C[C@@H]32)CC(C)(C)C1. The van der Waals surface area contributed by atoms with Crippen LogP contribution < -0.4 is 0 Å². The number of allylic oxidation sites excluding steroid dienone is 1. The lowest BCUT2D eigenvalue weighted by atomic mass is 9.59. The highest BCUT2D eigenvalue weighted by atomic mass is 16.6. The summed E-state index contributed by atoms with van der Waals surface area (Å²) in [4.78, 5) is 15.4. The highest BCUT2D eigenvalue weighted by Gasteiger charge is 2.52. The number of ether oxygens (including phenoxy) is 1. The molecule has 0 spiro atoms. The highest BCUT2D eigenvalue weighted by Crippen LogP contribution is 2.54. The zero-order chi connectivity index (χ0) is 19.4. The van der Waals surface area contributed by atoms with Gasteiger partial charge in [-0.2, -0.15) is 0 Å². The van der Waals surface area contributed by atoms with E-state index < -0.39 is 0 Å². The summed E-state index contributed by atoms with van der Waals surface area (Å²) in [7, 11) is 0. The standard InChI is InChI=1S/C24H39NO2/c1-16-8-10-25(15-23(3,4)12-16)14-19-18-11-20-17(2)7-6-9-24(20,5)13-21(18)27-22(19)26/h11,16-19,21H,6-10,12-15H2,1-5H3/t16-,17+,18+,19-,21-,24-/m0/s1. The Balaban J connectivity index is 1.54. The van der Waals surface area contributed by atoms with E-state index in [-0.39, 0.29) is 23.4 Å². The van der Waals surface area contributed by atoms with Gasteiger partial charge in [0, 0.05) is 19.0 Å². The molecule has 0 bridgehead atoms. The van der Waals surface area contributed by atoms with Gasteiger partial charge in [-0.15, -0.1) is 0 Å². The van der Waals surface area contributed by atoms with Gasteiger partial charge in [0.2, 0.25) is 0 Å². The van der Waals surface area contributed by atoms with Gasteiger partial charge in [-0.25, -0.2) is 0 Å². The Hall–Kier alpha value is -0.830. The molecule has 0 N–H and O–H groups in total. The van der Waals surface area contributed by atoms with Crippen molar-refractivity contribution in [3.8, 4) is 0 Å². The molecule has 0 aromatic carbocycles. The molecule has 27 heavy (non-hydrogen) atoms. The summed E-state index contributed by atoms with van der Waals surface area (Å²) < 4.78 is 5.96. The van der Waals surface area contributed by atoms with Crippen LogP contribution in [0.5, 0.6) is 0 Å². The maximum atomic E-state index is 12.8. The molecule has 152 valence electrons. The smallest absolute Gasteiger partial charge is 0.311 e. The van der Waals surface area contributed by atoms with Crippen molar-refractivity contribution in [2.24, 2.45) is 34.5 Å². The van der Waals surface area contributed by atoms with E-state index in [1.807, 2.05) is 0 Å². The molecule has 1 saturated carbocycles. The van der Waals surface area contributed by atoms with Crippen molar-refractivity contribution in [1.29, 1.82) is 0 Å². The third kappa shape index (κ3) is 3.73. The van der Waals surface area contributed by atoms with E-state index in [2.05, 4.69) is 45.6 Å². The van der Waals surface area contributed by atoms with Crippen LogP contribution >= 0.6 is 0 Å². The van der Waals surface area contributed by atoms with Gasteiger partial charge in [-0.1, -0.05) is 52.7 Å². The van der Waals surface area contributed by atoms with Crippen molar-refractivity contribution in [2.45, 2.75) is 79.2 Å². The first-order chi connectivity index (χ1) is 12.7. The first kappa shape index (κ1) is 19.5. The third-order valence-corrected chi connectivity index (χ3v) is 8.03. The van der Waals surface area contributed by atoms with Gasteiger partial charge in [-0.3, -0.25) is 4.79 Å². The molecular formula is C24H39NO2. The molecule has 3 nitrogen and oxygen atoms in total. The van der Waals surface area contributed by atoms with E-state index in [0.29, 0.717) is 17.3 Å². The Labute approximate surface area is 165 Å². The zero-order valence-electron chi connectivity index (χ0n) is 18.1. The predicted molar refractivity (Wildman–Crippen MR) is 109 cm³/mol. The van der Waals surface area contributed by atoms with Crippen molar-refractivity contribution in [2.75, 3.05) is 19.6 Å². The van der Waals surface area contributed by atoms with Crippen LogP contribution in [-0.2, 0) is 9.53 Å². The number of esters is 1. The van der Waals surface area contributed by atoms with Crippen LogP contribution in [0.15, 0.2) is 11.6 Å². The fourth-order valence-corrected chi connectivity index (χ4v) is 6.89. The highest BCUT2D eigenvalue weighted by molar-refractivity contribution is 5.76. The van der Waals surface area contributed by atoms with Crippen molar-refractivity contribution < 1.29 is 9.53 Å². The fourth-order valence-electron chi connectivity index (χ4n) is 6.89. The second-order valence-corrected chi connectivity index (χ2v) is 11.3. The Morgan fingerprint density at radius 3 is 2.74 bits per heavy atom. The monoisotopic (exact) mass is 373 g/mol. The van der Waals surface area contributed by atoms with Crippen molar-refractivity contribution in [3.05, 3.63) is 11.6 Å². The average Bonchev–Trinajstić information content (AvgIpc) is 2.76. The molecule has 0 amide bonds. The number of carbonyl (C=O) groups is 1. The normalized spacial score (nSPS) is 44.7. The van der Waals surface area contributed by atoms with Crippen LogP contribution in [0.1, 0.15) is 73.1 Å². The Bertz CT molecular complexity index is 624. The van der Waals surface area contributed by atoms with Crippen LogP contribution in [0.4, 0.5) is 0 Å². The Morgan fingerprint density at radius 2 is 1.96 bits per heavy atom. The van der Waals surface area contributed by atoms with E-state index in [4.69, 9.17) is 4.74 Å². The van der Waals surface area contributed by atoms with E-state index in [1.54, 1.807) is 5.57 Å². The molecule has 0 unspecified atom stereocenters. The molecule has 2 aliphatic heterocycles. The van der Waals surface area contributed by atoms with Gasteiger partial charge in [0.1, 0.15) is 6.10 Å². The molecule has 4 aliphatic rings. The fraction of sp³-hybridized carbons (Fsp3) is 0.875. The largest absolute Gasteiger partial charge is 0.461 e. The summed E-state index contributed by atoms with van der Waals surface area (Å²) in [5.41, 5.74) is 2.22. The minimum absolute atomic E-state index is 0.0328. The molecule has 3 heteroatoms. The molecule has 2 saturated heterocycles. The van der Waals surface area contributed by atoms with Crippen LogP contribution in [0.25, 0.3) is 0 Å². The molecule has 2 aliphatic carbocycles. The number of hydrogen-bond acceptors (Lipinski definition) is 3. The quantitative estimate of drug-likeness (QED) is 0.500. The van der Waals surface area contributed by atoms with Crippen LogP contribution in [0.2, 0.25) is 0 Å². The number of hydrogen-bond donors (Lipinski definition) is 0. The molecular weight excluding hydrogens is 334 g/mol. The van der Waals surface area contributed by atoms with Crippen LogP contribution in [-0.4, -0.2) is 36.6 Å². The van der Waals surface area contributed by atoms with Gasteiger partial charge in [0.25, 0.3) is 0 Å². The van der Waals surface area contributed by atoms with E-state index >= 15 is 0 Å². The van der Waals surface area contributed by atoms with Gasteiger partial charge >= 0.3 is 5.97 Å². The molecule has 0 radical (unpaired) electrons. The van der Waals surface area contributed by atoms with Crippen molar-refractivity contribution in [1.82, 2.24) is 4.90 Å². The molecule has 0 aromatic heterocycles. The zero-order valence-corrected chi connectivity index (χ0v) is 18.1. The summed E-state index contributed by atoms with van der Waals surface area (Å²) in [5, 5.41) is 0.